The van der Waals surface area contributed by atoms with Crippen molar-refractivity contribution in [3.63, 3.8) is 0 Å². The number of aryl methyl sites for hydroxylation is 2. The van der Waals surface area contributed by atoms with Crippen LogP contribution in [0, 0.1) is 6.92 Å². The Morgan fingerprint density at radius 1 is 1.35 bits per heavy atom. The summed E-state index contributed by atoms with van der Waals surface area (Å²) in [7, 11) is 1.80. The highest BCUT2D eigenvalue weighted by Crippen LogP contribution is 2.11. The molecule has 8 heteroatoms. The summed E-state index contributed by atoms with van der Waals surface area (Å²) in [6.45, 7) is 5.74. The van der Waals surface area contributed by atoms with Crippen molar-refractivity contribution in [3.8, 4) is 0 Å². The Morgan fingerprint density at radius 2 is 2.12 bits per heavy atom. The van der Waals surface area contributed by atoms with E-state index >= 15 is 0 Å². The quantitative estimate of drug-likeness (QED) is 0.492. The molecule has 1 saturated heterocycles. The highest BCUT2D eigenvalue weighted by molar-refractivity contribution is 7.09. The molecule has 0 aliphatic carbocycles. The zero-order valence-electron chi connectivity index (χ0n) is 15.3. The number of piperazine rings is 1. The normalized spacial score (nSPS) is 15.4. The molecule has 3 heterocycles. The Kier molecular flexibility index (Phi) is 6.27. The highest BCUT2D eigenvalue weighted by Gasteiger charge is 2.24. The molecule has 2 aromatic heterocycles. The van der Waals surface area contributed by atoms with E-state index in [-0.39, 0.29) is 5.91 Å². The van der Waals surface area contributed by atoms with Gasteiger partial charge >= 0.3 is 0 Å². The molecule has 1 N–H and O–H groups in total. The summed E-state index contributed by atoms with van der Waals surface area (Å²) in [4.78, 5) is 25.2. The molecule has 1 amide bonds. The minimum Gasteiger partial charge on any atom is -0.459 e. The van der Waals surface area contributed by atoms with E-state index < -0.39 is 0 Å². The fourth-order valence-corrected chi connectivity index (χ4v) is 3.79. The van der Waals surface area contributed by atoms with Crippen LogP contribution in [0.15, 0.2) is 33.2 Å². The lowest BCUT2D eigenvalue weighted by Gasteiger charge is -2.36. The molecule has 0 aromatic carbocycles. The molecule has 2 aromatic rings. The largest absolute Gasteiger partial charge is 0.459 e. The Bertz CT molecular complexity index is 733. The minimum atomic E-state index is -0.0451. The van der Waals surface area contributed by atoms with E-state index in [1.165, 1.54) is 11.3 Å². The summed E-state index contributed by atoms with van der Waals surface area (Å²) >= 11 is 1.72. The lowest BCUT2D eigenvalue weighted by atomic mass is 10.3. The second-order valence-electron chi connectivity index (χ2n) is 6.22. The molecule has 26 heavy (non-hydrogen) atoms. The van der Waals surface area contributed by atoms with Crippen molar-refractivity contribution in [3.05, 3.63) is 40.2 Å². The number of thiazole rings is 1. The first kappa shape index (κ1) is 18.4. The monoisotopic (exact) mass is 375 g/mol. The van der Waals surface area contributed by atoms with E-state index in [1.807, 2.05) is 11.8 Å². The number of rotatable bonds is 5. The lowest BCUT2D eigenvalue weighted by Crippen LogP contribution is -2.53. The smallest absolute Gasteiger partial charge is 0.289 e. The summed E-state index contributed by atoms with van der Waals surface area (Å²) in [6.07, 6.45) is 3.53. The van der Waals surface area contributed by atoms with Gasteiger partial charge in [0, 0.05) is 57.3 Å². The number of nitrogens with zero attached hydrogens (tertiary/aromatic N) is 4. The molecule has 0 spiro atoms. The van der Waals surface area contributed by atoms with Crippen molar-refractivity contribution in [1.29, 1.82) is 0 Å². The third-order valence-electron chi connectivity index (χ3n) is 4.33. The maximum atomic E-state index is 12.3. The van der Waals surface area contributed by atoms with E-state index in [2.05, 4.69) is 25.6 Å². The molecule has 7 nitrogen and oxygen atoms in total. The second kappa shape index (κ2) is 8.84. The topological polar surface area (TPSA) is 74.0 Å². The zero-order chi connectivity index (χ0) is 18.4. The number of aliphatic imine (C=N–C) groups is 1. The number of hydrogen-bond acceptors (Lipinski definition) is 5. The van der Waals surface area contributed by atoms with E-state index in [0.29, 0.717) is 18.8 Å². The van der Waals surface area contributed by atoms with Crippen LogP contribution in [-0.2, 0) is 6.42 Å². The number of carbonyl (C=O) groups is 1. The summed E-state index contributed by atoms with van der Waals surface area (Å²) in [5.41, 5.74) is 1.09. The standard InChI is InChI=1S/C18H25N5O2S/c1-14-13-26-16(21-14)6-3-7-20-18(19-2)23-10-8-22(9-11-23)17(24)15-5-4-12-25-15/h4-5,12-13H,3,6-11H2,1-2H3,(H,19,20). The molecule has 1 fully saturated rings. The fourth-order valence-electron chi connectivity index (χ4n) is 2.97. The van der Waals surface area contributed by atoms with Gasteiger partial charge in [-0.25, -0.2) is 4.98 Å². The van der Waals surface area contributed by atoms with Gasteiger partial charge in [0.05, 0.1) is 11.3 Å². The van der Waals surface area contributed by atoms with E-state index in [9.17, 15) is 4.79 Å². The molecule has 0 unspecified atom stereocenters. The van der Waals surface area contributed by atoms with E-state index in [0.717, 1.165) is 44.1 Å². The Hall–Kier alpha value is -2.35. The fraction of sp³-hybridized carbons (Fsp3) is 0.500. The molecule has 1 aliphatic heterocycles. The zero-order valence-corrected chi connectivity index (χ0v) is 16.1. The predicted molar refractivity (Wildman–Crippen MR) is 103 cm³/mol. The van der Waals surface area contributed by atoms with Crippen LogP contribution in [0.1, 0.15) is 27.7 Å². The molecule has 0 saturated carbocycles. The molecular weight excluding hydrogens is 350 g/mol. The van der Waals surface area contributed by atoms with Crippen LogP contribution in [0.25, 0.3) is 0 Å². The van der Waals surface area contributed by atoms with E-state index in [4.69, 9.17) is 4.42 Å². The average Bonchev–Trinajstić information content (AvgIpc) is 3.33. The SMILES string of the molecule is CN=C(NCCCc1nc(C)cs1)N1CCN(C(=O)c2ccco2)CC1. The number of guanidine groups is 1. The van der Waals surface area contributed by atoms with Crippen molar-refractivity contribution < 1.29 is 9.21 Å². The Balaban J connectivity index is 1.41. The highest BCUT2D eigenvalue weighted by atomic mass is 32.1. The molecule has 0 bridgehead atoms. The number of nitrogens with one attached hydrogen (secondary N) is 1. The summed E-state index contributed by atoms with van der Waals surface area (Å²) in [6, 6.07) is 3.45. The average molecular weight is 375 g/mol. The summed E-state index contributed by atoms with van der Waals surface area (Å²) in [5, 5.41) is 6.69. The maximum absolute atomic E-state index is 12.3. The molecule has 140 valence electrons. The van der Waals surface area contributed by atoms with Gasteiger partial charge in [-0.3, -0.25) is 9.79 Å². The molecule has 0 atom stereocenters. The van der Waals surface area contributed by atoms with Gasteiger partial charge in [0.25, 0.3) is 5.91 Å². The third kappa shape index (κ3) is 4.63. The van der Waals surface area contributed by atoms with E-state index in [1.54, 1.807) is 30.5 Å². The lowest BCUT2D eigenvalue weighted by molar-refractivity contribution is 0.0658. The van der Waals surface area contributed by atoms with Gasteiger partial charge in [-0.2, -0.15) is 0 Å². The van der Waals surface area contributed by atoms with Crippen LogP contribution in [0.3, 0.4) is 0 Å². The van der Waals surface area contributed by atoms with Crippen LogP contribution in [0.4, 0.5) is 0 Å². The predicted octanol–water partition coefficient (Wildman–Crippen LogP) is 2.01. The number of amides is 1. The Labute approximate surface area is 157 Å². The number of furan rings is 1. The van der Waals surface area contributed by atoms with Crippen LogP contribution < -0.4 is 5.32 Å². The van der Waals surface area contributed by atoms with Crippen LogP contribution >= 0.6 is 11.3 Å². The first-order valence-electron chi connectivity index (χ1n) is 8.87. The minimum absolute atomic E-state index is 0.0451. The van der Waals surface area contributed by atoms with Gasteiger partial charge in [-0.1, -0.05) is 0 Å². The molecule has 3 rings (SSSR count). The van der Waals surface area contributed by atoms with Gasteiger partial charge in [-0.05, 0) is 25.5 Å². The van der Waals surface area contributed by atoms with Crippen molar-refractivity contribution >= 4 is 23.2 Å². The van der Waals surface area contributed by atoms with Crippen molar-refractivity contribution in [2.75, 3.05) is 39.8 Å². The number of carbonyl (C=O) groups excluding carboxylic acids is 1. The van der Waals surface area contributed by atoms with Gasteiger partial charge in [0.1, 0.15) is 0 Å². The van der Waals surface area contributed by atoms with Crippen molar-refractivity contribution in [2.45, 2.75) is 19.8 Å². The van der Waals surface area contributed by atoms with Gasteiger partial charge in [0.2, 0.25) is 0 Å². The second-order valence-corrected chi connectivity index (χ2v) is 7.16. The Morgan fingerprint density at radius 3 is 2.73 bits per heavy atom. The van der Waals surface area contributed by atoms with Crippen LogP contribution in [0.2, 0.25) is 0 Å². The summed E-state index contributed by atoms with van der Waals surface area (Å²) < 4.78 is 5.20. The number of aromatic nitrogens is 1. The maximum Gasteiger partial charge on any atom is 0.289 e. The van der Waals surface area contributed by atoms with Gasteiger partial charge in [-0.15, -0.1) is 11.3 Å². The van der Waals surface area contributed by atoms with Crippen molar-refractivity contribution in [2.24, 2.45) is 4.99 Å². The first-order chi connectivity index (χ1) is 12.7. The first-order valence-corrected chi connectivity index (χ1v) is 9.74. The van der Waals surface area contributed by atoms with Gasteiger partial charge in [0.15, 0.2) is 11.7 Å². The van der Waals surface area contributed by atoms with Crippen LogP contribution in [0.5, 0.6) is 0 Å². The van der Waals surface area contributed by atoms with Gasteiger partial charge < -0.3 is 19.5 Å². The molecule has 1 aliphatic rings. The van der Waals surface area contributed by atoms with Crippen molar-refractivity contribution in [1.82, 2.24) is 20.1 Å². The molecular formula is C18H25N5O2S. The van der Waals surface area contributed by atoms with Crippen LogP contribution in [-0.4, -0.2) is 66.4 Å². The molecule has 0 radical (unpaired) electrons. The summed E-state index contributed by atoms with van der Waals surface area (Å²) in [5.74, 6) is 1.25. The third-order valence-corrected chi connectivity index (χ3v) is 5.35. The number of hydrogen-bond donors (Lipinski definition) is 1.